The highest BCUT2D eigenvalue weighted by Crippen LogP contribution is 2.19. The van der Waals surface area contributed by atoms with Crippen LogP contribution in [0, 0.1) is 0 Å². The number of rotatable bonds is 3. The summed E-state index contributed by atoms with van der Waals surface area (Å²) in [6.45, 7) is 0. The van der Waals surface area contributed by atoms with Gasteiger partial charge in [-0.25, -0.2) is 0 Å². The normalized spacial score (nSPS) is 12.6. The Morgan fingerprint density at radius 2 is 2.14 bits per heavy atom. The van der Waals surface area contributed by atoms with E-state index in [1.165, 1.54) is 11.5 Å². The van der Waals surface area contributed by atoms with Crippen molar-refractivity contribution in [3.63, 3.8) is 0 Å². The lowest BCUT2D eigenvalue weighted by Crippen LogP contribution is -1.99. The fraction of sp³-hybridized carbons (Fsp3) is 0.222. The van der Waals surface area contributed by atoms with E-state index < -0.39 is 6.10 Å². The Balaban J connectivity index is 2.06. The van der Waals surface area contributed by atoms with Crippen LogP contribution in [0.2, 0.25) is 0 Å². The van der Waals surface area contributed by atoms with Crippen molar-refractivity contribution in [3.8, 4) is 0 Å². The monoisotopic (exact) mass is 207 g/mol. The quantitative estimate of drug-likeness (QED) is 0.821. The molecule has 2 rings (SSSR count). The lowest BCUT2D eigenvalue weighted by Gasteiger charge is -2.06. The summed E-state index contributed by atoms with van der Waals surface area (Å²) < 4.78 is 3.70. The molecular weight excluding hydrogens is 198 g/mol. The van der Waals surface area contributed by atoms with Crippen molar-refractivity contribution in [2.45, 2.75) is 12.5 Å². The molecule has 0 aliphatic heterocycles. The molecule has 0 aliphatic rings. The van der Waals surface area contributed by atoms with Gasteiger partial charge in [0.25, 0.3) is 0 Å². The smallest absolute Gasteiger partial charge is 0.0954 e. The molecule has 0 bridgehead atoms. The fourth-order valence-electron chi connectivity index (χ4n) is 1.16. The van der Waals surface area contributed by atoms with Crippen molar-refractivity contribution < 1.29 is 5.11 Å². The van der Waals surface area contributed by atoms with E-state index in [1.807, 2.05) is 12.1 Å². The van der Waals surface area contributed by atoms with E-state index in [1.54, 1.807) is 18.6 Å². The van der Waals surface area contributed by atoms with Crippen molar-refractivity contribution in [3.05, 3.63) is 41.2 Å². The molecule has 0 aromatic carbocycles. The third-order valence-corrected chi connectivity index (χ3v) is 2.65. The maximum absolute atomic E-state index is 9.77. The third kappa shape index (κ3) is 2.12. The van der Waals surface area contributed by atoms with Gasteiger partial charge in [-0.3, -0.25) is 4.98 Å². The molecule has 0 amide bonds. The Bertz CT molecular complexity index is 376. The van der Waals surface area contributed by atoms with Crippen LogP contribution in [-0.2, 0) is 6.42 Å². The van der Waals surface area contributed by atoms with Gasteiger partial charge in [0.1, 0.15) is 0 Å². The summed E-state index contributed by atoms with van der Waals surface area (Å²) in [4.78, 5) is 4.71. The van der Waals surface area contributed by atoms with Gasteiger partial charge in [0, 0.05) is 18.8 Å². The first-order chi connectivity index (χ1) is 6.86. The van der Waals surface area contributed by atoms with Crippen LogP contribution in [0.1, 0.15) is 16.5 Å². The van der Waals surface area contributed by atoms with Gasteiger partial charge in [0.2, 0.25) is 0 Å². The second kappa shape index (κ2) is 4.26. The third-order valence-electron chi connectivity index (χ3n) is 1.89. The van der Waals surface area contributed by atoms with E-state index in [2.05, 4.69) is 14.6 Å². The number of aromatic nitrogens is 3. The standard InChI is InChI=1S/C9H9N3OS/c13-8(9-6-11-12-14-9)5-7-1-3-10-4-2-7/h1-4,6,8,13H,5H2. The van der Waals surface area contributed by atoms with Crippen molar-refractivity contribution in [2.75, 3.05) is 0 Å². The molecule has 72 valence electrons. The van der Waals surface area contributed by atoms with Crippen LogP contribution in [0.5, 0.6) is 0 Å². The number of aliphatic hydroxyl groups excluding tert-OH is 1. The molecule has 4 nitrogen and oxygen atoms in total. The number of hydrogen-bond donors (Lipinski definition) is 1. The van der Waals surface area contributed by atoms with Crippen LogP contribution in [0.25, 0.3) is 0 Å². The fourth-order valence-corrected chi connectivity index (χ4v) is 1.65. The highest BCUT2D eigenvalue weighted by Gasteiger charge is 2.10. The maximum Gasteiger partial charge on any atom is 0.0954 e. The average Bonchev–Trinajstić information content (AvgIpc) is 2.72. The first-order valence-corrected chi connectivity index (χ1v) is 4.98. The van der Waals surface area contributed by atoms with Crippen LogP contribution in [0.15, 0.2) is 30.7 Å². The predicted octanol–water partition coefficient (Wildman–Crippen LogP) is 1.21. The van der Waals surface area contributed by atoms with E-state index in [0.29, 0.717) is 6.42 Å². The summed E-state index contributed by atoms with van der Waals surface area (Å²) in [5, 5.41) is 13.5. The molecule has 1 unspecified atom stereocenters. The van der Waals surface area contributed by atoms with Crippen LogP contribution < -0.4 is 0 Å². The molecule has 0 saturated heterocycles. The molecule has 0 fully saturated rings. The Kier molecular flexibility index (Phi) is 2.81. The summed E-state index contributed by atoms with van der Waals surface area (Å²) in [5.74, 6) is 0. The molecule has 0 spiro atoms. The summed E-state index contributed by atoms with van der Waals surface area (Å²) in [5.41, 5.74) is 1.06. The van der Waals surface area contributed by atoms with Gasteiger partial charge in [-0.2, -0.15) is 0 Å². The van der Waals surface area contributed by atoms with Crippen LogP contribution >= 0.6 is 11.5 Å². The molecular formula is C9H9N3OS. The van der Waals surface area contributed by atoms with Gasteiger partial charge < -0.3 is 5.11 Å². The topological polar surface area (TPSA) is 58.9 Å². The van der Waals surface area contributed by atoms with Gasteiger partial charge in [-0.1, -0.05) is 4.49 Å². The molecule has 1 atom stereocenters. The Hall–Kier alpha value is -1.33. The summed E-state index contributed by atoms with van der Waals surface area (Å²) in [6.07, 6.45) is 5.08. The number of hydrogen-bond acceptors (Lipinski definition) is 5. The minimum Gasteiger partial charge on any atom is -0.387 e. The highest BCUT2D eigenvalue weighted by atomic mass is 32.1. The zero-order valence-electron chi connectivity index (χ0n) is 7.37. The van der Waals surface area contributed by atoms with Crippen molar-refractivity contribution in [1.29, 1.82) is 0 Å². The second-order valence-corrected chi connectivity index (χ2v) is 3.71. The largest absolute Gasteiger partial charge is 0.387 e. The lowest BCUT2D eigenvalue weighted by atomic mass is 10.1. The Morgan fingerprint density at radius 3 is 2.79 bits per heavy atom. The van der Waals surface area contributed by atoms with Gasteiger partial charge >= 0.3 is 0 Å². The molecule has 0 radical (unpaired) electrons. The van der Waals surface area contributed by atoms with Crippen LogP contribution in [0.3, 0.4) is 0 Å². The maximum atomic E-state index is 9.77. The van der Waals surface area contributed by atoms with Crippen molar-refractivity contribution in [1.82, 2.24) is 14.6 Å². The van der Waals surface area contributed by atoms with E-state index in [0.717, 1.165) is 10.4 Å². The second-order valence-electron chi connectivity index (χ2n) is 2.90. The molecule has 2 heterocycles. The summed E-state index contributed by atoms with van der Waals surface area (Å²) in [7, 11) is 0. The average molecular weight is 207 g/mol. The highest BCUT2D eigenvalue weighted by molar-refractivity contribution is 7.05. The van der Waals surface area contributed by atoms with Crippen molar-refractivity contribution >= 4 is 11.5 Å². The zero-order valence-corrected chi connectivity index (χ0v) is 8.18. The molecule has 1 N–H and O–H groups in total. The van der Waals surface area contributed by atoms with Gasteiger partial charge in [-0.15, -0.1) is 5.10 Å². The lowest BCUT2D eigenvalue weighted by molar-refractivity contribution is 0.182. The molecule has 2 aromatic rings. The molecule has 14 heavy (non-hydrogen) atoms. The molecule has 0 saturated carbocycles. The van der Waals surface area contributed by atoms with Gasteiger partial charge in [0.15, 0.2) is 0 Å². The van der Waals surface area contributed by atoms with Crippen LogP contribution in [0.4, 0.5) is 0 Å². The van der Waals surface area contributed by atoms with E-state index in [-0.39, 0.29) is 0 Å². The van der Waals surface area contributed by atoms with E-state index in [4.69, 9.17) is 0 Å². The molecule has 0 aliphatic carbocycles. The number of nitrogens with zero attached hydrogens (tertiary/aromatic N) is 3. The van der Waals surface area contributed by atoms with Gasteiger partial charge in [0.05, 0.1) is 17.2 Å². The minimum atomic E-state index is -0.516. The zero-order chi connectivity index (χ0) is 9.80. The minimum absolute atomic E-state index is 0.516. The number of pyridine rings is 1. The summed E-state index contributed by atoms with van der Waals surface area (Å²) in [6, 6.07) is 3.77. The number of aliphatic hydroxyl groups is 1. The summed E-state index contributed by atoms with van der Waals surface area (Å²) >= 11 is 1.22. The Morgan fingerprint density at radius 1 is 1.36 bits per heavy atom. The Labute approximate surface area is 85.4 Å². The van der Waals surface area contributed by atoms with E-state index >= 15 is 0 Å². The first-order valence-electron chi connectivity index (χ1n) is 4.20. The van der Waals surface area contributed by atoms with E-state index in [9.17, 15) is 5.11 Å². The SMILES string of the molecule is OC(Cc1ccncc1)c1cnns1. The molecule has 2 aromatic heterocycles. The van der Waals surface area contributed by atoms with Crippen molar-refractivity contribution in [2.24, 2.45) is 0 Å². The first kappa shape index (κ1) is 9.23. The van der Waals surface area contributed by atoms with Crippen LogP contribution in [-0.4, -0.2) is 19.7 Å². The molecule has 5 heteroatoms. The predicted molar refractivity (Wildman–Crippen MR) is 52.8 cm³/mol. The van der Waals surface area contributed by atoms with Gasteiger partial charge in [-0.05, 0) is 29.2 Å².